The van der Waals surface area contributed by atoms with Crippen LogP contribution in [-0.2, 0) is 13.6 Å². The largest absolute Gasteiger partial charge is 0.348 e. The van der Waals surface area contributed by atoms with Crippen molar-refractivity contribution in [1.29, 1.82) is 0 Å². The average molecular weight is 311 g/mol. The van der Waals surface area contributed by atoms with Crippen LogP contribution >= 0.6 is 23.2 Å². The molecular weight excluding hydrogens is 299 g/mol. The zero-order valence-electron chi connectivity index (χ0n) is 10.7. The molecule has 0 bridgehead atoms. The molecule has 20 heavy (non-hydrogen) atoms. The van der Waals surface area contributed by atoms with Gasteiger partial charge >= 0.3 is 0 Å². The van der Waals surface area contributed by atoms with E-state index in [1.807, 2.05) is 0 Å². The molecule has 4 nitrogen and oxygen atoms in total. The van der Waals surface area contributed by atoms with E-state index in [1.54, 1.807) is 25.2 Å². The minimum atomic E-state index is -0.272. The molecule has 1 aromatic carbocycles. The molecule has 1 amide bonds. The minimum Gasteiger partial charge on any atom is -0.348 e. The fourth-order valence-corrected chi connectivity index (χ4v) is 2.15. The van der Waals surface area contributed by atoms with Crippen LogP contribution in [0.15, 0.2) is 41.3 Å². The summed E-state index contributed by atoms with van der Waals surface area (Å²) in [5, 5.41) is 3.78. The molecule has 2 rings (SSSR count). The van der Waals surface area contributed by atoms with Crippen LogP contribution in [-0.4, -0.2) is 10.5 Å². The fourth-order valence-electron chi connectivity index (χ4n) is 1.67. The second kappa shape index (κ2) is 6.11. The summed E-state index contributed by atoms with van der Waals surface area (Å²) < 4.78 is 1.35. The topological polar surface area (TPSA) is 51.1 Å². The number of halogens is 2. The van der Waals surface area contributed by atoms with Gasteiger partial charge in [0.1, 0.15) is 0 Å². The molecule has 104 valence electrons. The molecule has 6 heteroatoms. The number of aryl methyl sites for hydroxylation is 1. The minimum absolute atomic E-state index is 0.165. The maximum atomic E-state index is 12.0. The summed E-state index contributed by atoms with van der Waals surface area (Å²) >= 11 is 11.8. The Morgan fingerprint density at radius 1 is 1.25 bits per heavy atom. The lowest BCUT2D eigenvalue weighted by molar-refractivity contribution is 0.0950. The summed E-state index contributed by atoms with van der Waals surface area (Å²) in [5.74, 6) is -0.272. The van der Waals surface area contributed by atoms with Crippen molar-refractivity contribution in [3.05, 3.63) is 68.1 Å². The van der Waals surface area contributed by atoms with Crippen molar-refractivity contribution in [3.63, 3.8) is 0 Å². The van der Waals surface area contributed by atoms with Gasteiger partial charge in [0.2, 0.25) is 5.56 Å². The summed E-state index contributed by atoms with van der Waals surface area (Å²) in [6.45, 7) is 0.289. The van der Waals surface area contributed by atoms with Crippen molar-refractivity contribution in [2.24, 2.45) is 7.05 Å². The maximum absolute atomic E-state index is 12.0. The van der Waals surface area contributed by atoms with Gasteiger partial charge in [-0.25, -0.2) is 0 Å². The lowest BCUT2D eigenvalue weighted by Crippen LogP contribution is -2.25. The van der Waals surface area contributed by atoms with Gasteiger partial charge in [-0.2, -0.15) is 0 Å². The number of benzene rings is 1. The molecule has 2 aromatic rings. The monoisotopic (exact) mass is 310 g/mol. The van der Waals surface area contributed by atoms with Crippen molar-refractivity contribution in [1.82, 2.24) is 9.88 Å². The predicted octanol–water partition coefficient (Wildman–Crippen LogP) is 2.62. The lowest BCUT2D eigenvalue weighted by atomic mass is 10.2. The molecule has 0 unspecified atom stereocenters. The van der Waals surface area contributed by atoms with Crippen molar-refractivity contribution < 1.29 is 4.79 Å². The molecule has 0 saturated carbocycles. The highest BCUT2D eigenvalue weighted by molar-refractivity contribution is 6.35. The quantitative estimate of drug-likeness (QED) is 0.947. The number of carbonyl (C=O) groups excluding carboxylic acids is 1. The number of rotatable bonds is 3. The van der Waals surface area contributed by atoms with Crippen molar-refractivity contribution in [3.8, 4) is 0 Å². The van der Waals surface area contributed by atoms with E-state index in [0.717, 1.165) is 5.56 Å². The highest BCUT2D eigenvalue weighted by Crippen LogP contribution is 2.20. The Balaban J connectivity index is 2.08. The first-order chi connectivity index (χ1) is 9.47. The van der Waals surface area contributed by atoms with Crippen molar-refractivity contribution >= 4 is 29.1 Å². The van der Waals surface area contributed by atoms with E-state index < -0.39 is 0 Å². The van der Waals surface area contributed by atoms with Crippen LogP contribution in [0.5, 0.6) is 0 Å². The summed E-state index contributed by atoms with van der Waals surface area (Å²) in [7, 11) is 1.59. The summed E-state index contributed by atoms with van der Waals surface area (Å²) in [4.78, 5) is 23.2. The van der Waals surface area contributed by atoms with Crippen LogP contribution < -0.4 is 10.9 Å². The van der Waals surface area contributed by atoms with Crippen LogP contribution in [0.2, 0.25) is 10.0 Å². The molecule has 0 fully saturated rings. The molecule has 1 aromatic heterocycles. The molecular formula is C14H12Cl2N2O2. The predicted molar refractivity (Wildman–Crippen MR) is 79.3 cm³/mol. The third-order valence-electron chi connectivity index (χ3n) is 2.80. The Bertz CT molecular complexity index is 711. The molecule has 1 N–H and O–H groups in total. The number of nitrogens with zero attached hydrogens (tertiary/aromatic N) is 1. The van der Waals surface area contributed by atoms with Crippen LogP contribution in [0.3, 0.4) is 0 Å². The van der Waals surface area contributed by atoms with Gasteiger partial charge in [0, 0.05) is 35.9 Å². The molecule has 0 saturated heterocycles. The molecule has 0 aliphatic rings. The standard InChI is InChI=1S/C14H12Cl2N2O2/c1-18-8-10(3-5-13(18)19)14(20)17-7-9-2-4-11(15)6-12(9)16/h2-6,8H,7H2,1H3,(H,17,20). The summed E-state index contributed by atoms with van der Waals surface area (Å²) in [5.41, 5.74) is 1.02. The fraction of sp³-hybridized carbons (Fsp3) is 0.143. The average Bonchev–Trinajstić information content (AvgIpc) is 2.40. The van der Waals surface area contributed by atoms with E-state index in [9.17, 15) is 9.59 Å². The van der Waals surface area contributed by atoms with Gasteiger partial charge in [-0.3, -0.25) is 9.59 Å². The number of amides is 1. The Morgan fingerprint density at radius 3 is 2.65 bits per heavy atom. The first kappa shape index (κ1) is 14.6. The van der Waals surface area contributed by atoms with Crippen LogP contribution in [0, 0.1) is 0 Å². The number of hydrogen-bond acceptors (Lipinski definition) is 2. The first-order valence-electron chi connectivity index (χ1n) is 5.86. The molecule has 0 atom stereocenters. The Morgan fingerprint density at radius 2 is 2.00 bits per heavy atom. The van der Waals surface area contributed by atoms with Gasteiger partial charge < -0.3 is 9.88 Å². The molecule has 0 radical (unpaired) electrons. The Labute approximate surface area is 125 Å². The Kier molecular flexibility index (Phi) is 4.47. The molecule has 0 aliphatic heterocycles. The zero-order chi connectivity index (χ0) is 14.7. The third-order valence-corrected chi connectivity index (χ3v) is 3.39. The second-order valence-electron chi connectivity index (χ2n) is 4.29. The van der Waals surface area contributed by atoms with Crippen LogP contribution in [0.25, 0.3) is 0 Å². The summed E-state index contributed by atoms with van der Waals surface area (Å²) in [6, 6.07) is 7.93. The number of aromatic nitrogens is 1. The van der Waals surface area contributed by atoms with Gasteiger partial charge in [-0.1, -0.05) is 29.3 Å². The van der Waals surface area contributed by atoms with E-state index in [2.05, 4.69) is 5.32 Å². The molecule has 0 spiro atoms. The van der Waals surface area contributed by atoms with Gasteiger partial charge in [0.05, 0.1) is 5.56 Å². The SMILES string of the molecule is Cn1cc(C(=O)NCc2ccc(Cl)cc2Cl)ccc1=O. The smallest absolute Gasteiger partial charge is 0.253 e. The molecule has 0 aliphatic carbocycles. The molecule has 1 heterocycles. The third kappa shape index (κ3) is 3.40. The number of hydrogen-bond donors (Lipinski definition) is 1. The van der Waals surface area contributed by atoms with Crippen LogP contribution in [0.4, 0.5) is 0 Å². The van der Waals surface area contributed by atoms with Crippen LogP contribution in [0.1, 0.15) is 15.9 Å². The van der Waals surface area contributed by atoms with Crippen molar-refractivity contribution in [2.75, 3.05) is 0 Å². The normalized spacial score (nSPS) is 10.3. The highest BCUT2D eigenvalue weighted by atomic mass is 35.5. The van der Waals surface area contributed by atoms with Gasteiger partial charge in [-0.15, -0.1) is 0 Å². The van der Waals surface area contributed by atoms with Gasteiger partial charge in [-0.05, 0) is 23.8 Å². The zero-order valence-corrected chi connectivity index (χ0v) is 12.2. The van der Waals surface area contributed by atoms with E-state index >= 15 is 0 Å². The van der Waals surface area contributed by atoms with E-state index in [4.69, 9.17) is 23.2 Å². The van der Waals surface area contributed by atoms with E-state index in [1.165, 1.54) is 22.9 Å². The number of carbonyl (C=O) groups is 1. The highest BCUT2D eigenvalue weighted by Gasteiger charge is 2.08. The lowest BCUT2D eigenvalue weighted by Gasteiger charge is -2.08. The van der Waals surface area contributed by atoms with Crippen molar-refractivity contribution in [2.45, 2.75) is 6.54 Å². The Hall–Kier alpha value is -1.78. The van der Waals surface area contributed by atoms with E-state index in [-0.39, 0.29) is 18.0 Å². The first-order valence-corrected chi connectivity index (χ1v) is 6.62. The number of nitrogens with one attached hydrogen (secondary N) is 1. The van der Waals surface area contributed by atoms with Gasteiger partial charge in [0.25, 0.3) is 5.91 Å². The maximum Gasteiger partial charge on any atom is 0.253 e. The second-order valence-corrected chi connectivity index (χ2v) is 5.13. The number of pyridine rings is 1. The van der Waals surface area contributed by atoms with E-state index in [0.29, 0.717) is 15.6 Å². The van der Waals surface area contributed by atoms with Gasteiger partial charge in [0.15, 0.2) is 0 Å². The summed E-state index contributed by atoms with van der Waals surface area (Å²) in [6.07, 6.45) is 1.49.